The van der Waals surface area contributed by atoms with Crippen molar-refractivity contribution >= 4 is 5.91 Å². The minimum absolute atomic E-state index is 0.0300. The van der Waals surface area contributed by atoms with Crippen LogP contribution in [0.4, 0.5) is 0 Å². The van der Waals surface area contributed by atoms with E-state index in [1.54, 1.807) is 18.1 Å². The van der Waals surface area contributed by atoms with Gasteiger partial charge in [0.25, 0.3) is 0 Å². The van der Waals surface area contributed by atoms with E-state index in [0.29, 0.717) is 24.7 Å². The van der Waals surface area contributed by atoms with Gasteiger partial charge >= 0.3 is 11.8 Å². The second-order valence-electron chi connectivity index (χ2n) is 5.24. The Kier molecular flexibility index (Phi) is 4.06. The Morgan fingerprint density at radius 3 is 2.73 bits per heavy atom. The molecule has 0 unspecified atom stereocenters. The molecule has 0 bridgehead atoms. The van der Waals surface area contributed by atoms with Crippen molar-refractivity contribution in [2.75, 3.05) is 40.3 Å². The molecule has 0 N–H and O–H groups in total. The second-order valence-corrected chi connectivity index (χ2v) is 5.24. The number of aromatic nitrogens is 2. The molecule has 0 aliphatic carbocycles. The Hall–Kier alpha value is -2.41. The van der Waals surface area contributed by atoms with Crippen molar-refractivity contribution in [1.29, 1.82) is 0 Å². The molecule has 7 heteroatoms. The molecule has 2 aromatic rings. The van der Waals surface area contributed by atoms with Gasteiger partial charge in [0.1, 0.15) is 5.75 Å². The van der Waals surface area contributed by atoms with Gasteiger partial charge in [0.2, 0.25) is 5.89 Å². The highest BCUT2D eigenvalue weighted by molar-refractivity contribution is 5.89. The number of rotatable bonds is 3. The van der Waals surface area contributed by atoms with Crippen molar-refractivity contribution < 1.29 is 13.9 Å². The highest BCUT2D eigenvalue weighted by Gasteiger charge is 2.25. The molecule has 1 aliphatic rings. The van der Waals surface area contributed by atoms with E-state index < -0.39 is 0 Å². The van der Waals surface area contributed by atoms with Gasteiger partial charge in [-0.2, -0.15) is 0 Å². The Balaban J connectivity index is 1.77. The first-order chi connectivity index (χ1) is 10.7. The van der Waals surface area contributed by atoms with Crippen LogP contribution in [0.2, 0.25) is 0 Å². The van der Waals surface area contributed by atoms with Crippen molar-refractivity contribution in [2.45, 2.75) is 0 Å². The zero-order chi connectivity index (χ0) is 15.5. The Morgan fingerprint density at radius 2 is 2.00 bits per heavy atom. The lowest BCUT2D eigenvalue weighted by atomic mass is 10.2. The van der Waals surface area contributed by atoms with E-state index >= 15 is 0 Å². The predicted molar refractivity (Wildman–Crippen MR) is 79.7 cm³/mol. The Bertz CT molecular complexity index is 662. The number of benzene rings is 1. The molecule has 7 nitrogen and oxygen atoms in total. The van der Waals surface area contributed by atoms with Gasteiger partial charge in [-0.05, 0) is 25.2 Å². The summed E-state index contributed by atoms with van der Waals surface area (Å²) < 4.78 is 10.7. The van der Waals surface area contributed by atoms with Gasteiger partial charge in [0.05, 0.1) is 7.11 Å². The van der Waals surface area contributed by atoms with Crippen LogP contribution in [-0.4, -0.2) is 66.2 Å². The fraction of sp³-hybridized carbons (Fsp3) is 0.400. The lowest BCUT2D eigenvalue weighted by molar-refractivity contribution is 0.0625. The first-order valence-electron chi connectivity index (χ1n) is 7.13. The number of carbonyl (C=O) groups is 1. The Labute approximate surface area is 128 Å². The number of carbonyl (C=O) groups excluding carboxylic acids is 1. The predicted octanol–water partition coefficient (Wildman–Crippen LogP) is 1.13. The maximum Gasteiger partial charge on any atom is 0.311 e. The first-order valence-corrected chi connectivity index (χ1v) is 7.13. The van der Waals surface area contributed by atoms with Crippen LogP contribution in [0, 0.1) is 0 Å². The SMILES string of the molecule is COc1cccc(-c2nnc(C(=O)N3CCN(C)CC3)o2)c1. The largest absolute Gasteiger partial charge is 0.497 e. The lowest BCUT2D eigenvalue weighted by Gasteiger charge is -2.31. The van der Waals surface area contributed by atoms with E-state index in [0.717, 1.165) is 18.7 Å². The molecular weight excluding hydrogens is 284 g/mol. The van der Waals surface area contributed by atoms with Gasteiger partial charge in [-0.1, -0.05) is 6.07 Å². The summed E-state index contributed by atoms with van der Waals surface area (Å²) in [6.45, 7) is 3.05. The van der Waals surface area contributed by atoms with Crippen LogP contribution in [0.3, 0.4) is 0 Å². The molecule has 22 heavy (non-hydrogen) atoms. The molecule has 116 valence electrons. The number of piperazine rings is 1. The maximum absolute atomic E-state index is 12.4. The topological polar surface area (TPSA) is 71.7 Å². The van der Waals surface area contributed by atoms with Crippen molar-refractivity contribution in [2.24, 2.45) is 0 Å². The molecule has 1 fully saturated rings. The van der Waals surface area contributed by atoms with Gasteiger partial charge in [0, 0.05) is 31.7 Å². The summed E-state index contributed by atoms with van der Waals surface area (Å²) in [5, 5.41) is 7.84. The van der Waals surface area contributed by atoms with E-state index in [1.807, 2.05) is 25.2 Å². The summed E-state index contributed by atoms with van der Waals surface area (Å²) in [6, 6.07) is 7.29. The molecule has 0 atom stereocenters. The molecule has 1 aromatic carbocycles. The summed E-state index contributed by atoms with van der Waals surface area (Å²) in [5.41, 5.74) is 0.726. The third kappa shape index (κ3) is 2.94. The van der Waals surface area contributed by atoms with Gasteiger partial charge in [-0.3, -0.25) is 4.79 Å². The summed E-state index contributed by atoms with van der Waals surface area (Å²) >= 11 is 0. The second kappa shape index (κ2) is 6.15. The fourth-order valence-electron chi connectivity index (χ4n) is 2.33. The molecule has 2 heterocycles. The molecule has 1 saturated heterocycles. The molecule has 0 saturated carbocycles. The van der Waals surface area contributed by atoms with Crippen molar-refractivity contribution in [3.8, 4) is 17.2 Å². The monoisotopic (exact) mass is 302 g/mol. The molecule has 1 aliphatic heterocycles. The van der Waals surface area contributed by atoms with Crippen LogP contribution < -0.4 is 4.74 Å². The van der Waals surface area contributed by atoms with E-state index in [2.05, 4.69) is 15.1 Å². The number of ether oxygens (including phenoxy) is 1. The zero-order valence-electron chi connectivity index (χ0n) is 12.7. The van der Waals surface area contributed by atoms with Crippen molar-refractivity contribution in [1.82, 2.24) is 20.0 Å². The fourth-order valence-corrected chi connectivity index (χ4v) is 2.33. The number of likely N-dealkylation sites (N-methyl/N-ethyl adjacent to an activating group) is 1. The minimum Gasteiger partial charge on any atom is -0.497 e. The van der Waals surface area contributed by atoms with Gasteiger partial charge in [-0.25, -0.2) is 0 Å². The standard InChI is InChI=1S/C15H18N4O3/c1-18-6-8-19(9-7-18)15(20)14-17-16-13(22-14)11-4-3-5-12(10-11)21-2/h3-5,10H,6-9H2,1-2H3. The zero-order valence-corrected chi connectivity index (χ0v) is 12.7. The average Bonchev–Trinajstić information content (AvgIpc) is 3.05. The number of methoxy groups -OCH3 is 1. The molecule has 3 rings (SSSR count). The van der Waals surface area contributed by atoms with Crippen LogP contribution in [0.25, 0.3) is 11.5 Å². The van der Waals surface area contributed by atoms with Crippen molar-refractivity contribution in [3.05, 3.63) is 30.2 Å². The summed E-state index contributed by atoms with van der Waals surface area (Å²) in [5.74, 6) is 0.830. The number of nitrogens with zero attached hydrogens (tertiary/aromatic N) is 4. The first kappa shape index (κ1) is 14.5. The summed E-state index contributed by atoms with van der Waals surface area (Å²) in [6.07, 6.45) is 0. The Morgan fingerprint density at radius 1 is 1.23 bits per heavy atom. The molecule has 0 radical (unpaired) electrons. The quantitative estimate of drug-likeness (QED) is 0.846. The van der Waals surface area contributed by atoms with Crippen LogP contribution in [0.1, 0.15) is 10.7 Å². The maximum atomic E-state index is 12.4. The van der Waals surface area contributed by atoms with Gasteiger partial charge in [0.15, 0.2) is 0 Å². The molecule has 1 amide bonds. The smallest absolute Gasteiger partial charge is 0.311 e. The summed E-state index contributed by atoms with van der Waals surface area (Å²) in [4.78, 5) is 16.3. The normalized spacial score (nSPS) is 15.8. The average molecular weight is 302 g/mol. The van der Waals surface area contributed by atoms with E-state index in [-0.39, 0.29) is 11.8 Å². The van der Waals surface area contributed by atoms with E-state index in [9.17, 15) is 4.79 Å². The minimum atomic E-state index is -0.213. The van der Waals surface area contributed by atoms with Crippen LogP contribution in [0.15, 0.2) is 28.7 Å². The van der Waals surface area contributed by atoms with E-state index in [1.165, 1.54) is 0 Å². The van der Waals surface area contributed by atoms with Crippen molar-refractivity contribution in [3.63, 3.8) is 0 Å². The third-order valence-electron chi connectivity index (χ3n) is 3.72. The van der Waals surface area contributed by atoms with Gasteiger partial charge < -0.3 is 19.0 Å². The van der Waals surface area contributed by atoms with Gasteiger partial charge in [-0.15, -0.1) is 10.2 Å². The molecule has 0 spiro atoms. The third-order valence-corrected chi connectivity index (χ3v) is 3.72. The lowest BCUT2D eigenvalue weighted by Crippen LogP contribution is -2.47. The van der Waals surface area contributed by atoms with Crippen LogP contribution in [0.5, 0.6) is 5.75 Å². The highest BCUT2D eigenvalue weighted by atomic mass is 16.5. The molecular formula is C15H18N4O3. The molecule has 1 aromatic heterocycles. The number of hydrogen-bond donors (Lipinski definition) is 0. The van der Waals surface area contributed by atoms with Crippen LogP contribution in [-0.2, 0) is 0 Å². The number of hydrogen-bond acceptors (Lipinski definition) is 6. The highest BCUT2D eigenvalue weighted by Crippen LogP contribution is 2.23. The summed E-state index contributed by atoms with van der Waals surface area (Å²) in [7, 11) is 3.63. The number of amides is 1. The van der Waals surface area contributed by atoms with Crippen LogP contribution >= 0.6 is 0 Å². The van der Waals surface area contributed by atoms with E-state index in [4.69, 9.17) is 9.15 Å².